The van der Waals surface area contributed by atoms with Gasteiger partial charge in [-0.15, -0.1) is 0 Å². The van der Waals surface area contributed by atoms with Crippen LogP contribution in [0.15, 0.2) is 42.5 Å². The number of carbonyl (C=O) groups is 1. The molecule has 0 aliphatic heterocycles. The molecule has 2 N–H and O–H groups in total. The summed E-state index contributed by atoms with van der Waals surface area (Å²) in [5.74, 6) is 0.568. The van der Waals surface area contributed by atoms with Crippen molar-refractivity contribution in [3.8, 4) is 5.75 Å². The minimum absolute atomic E-state index is 0.0926. The van der Waals surface area contributed by atoms with E-state index in [1.807, 2.05) is 30.3 Å². The number of para-hydroxylation sites is 2. The Morgan fingerprint density at radius 3 is 2.82 bits per heavy atom. The van der Waals surface area contributed by atoms with Crippen LogP contribution in [-0.2, 0) is 17.6 Å². The van der Waals surface area contributed by atoms with Crippen LogP contribution in [0.1, 0.15) is 17.5 Å². The number of hydrogen-bond acceptors (Lipinski definition) is 3. The molecule has 0 atom stereocenters. The van der Waals surface area contributed by atoms with Crippen molar-refractivity contribution < 1.29 is 9.53 Å². The van der Waals surface area contributed by atoms with Gasteiger partial charge in [0.25, 0.3) is 0 Å². The van der Waals surface area contributed by atoms with Crippen molar-refractivity contribution in [2.24, 2.45) is 0 Å². The highest BCUT2D eigenvalue weighted by Gasteiger charge is 2.11. The smallest absolute Gasteiger partial charge is 0.243 e. The molecule has 0 fully saturated rings. The van der Waals surface area contributed by atoms with Crippen molar-refractivity contribution in [2.45, 2.75) is 19.3 Å². The van der Waals surface area contributed by atoms with E-state index in [0.29, 0.717) is 11.4 Å². The molecule has 1 amide bonds. The number of hydrogen-bond donors (Lipinski definition) is 2. The molecule has 2 aromatic rings. The third kappa shape index (κ3) is 3.22. The number of anilines is 2. The Morgan fingerprint density at radius 2 is 1.95 bits per heavy atom. The summed E-state index contributed by atoms with van der Waals surface area (Å²) in [6, 6.07) is 13.7. The van der Waals surface area contributed by atoms with Crippen molar-refractivity contribution in [1.82, 2.24) is 0 Å². The summed E-state index contributed by atoms with van der Waals surface area (Å²) >= 11 is 0. The highest BCUT2D eigenvalue weighted by molar-refractivity contribution is 5.95. The fourth-order valence-corrected chi connectivity index (χ4v) is 2.81. The summed E-state index contributed by atoms with van der Waals surface area (Å²) in [5.41, 5.74) is 4.51. The van der Waals surface area contributed by atoms with Gasteiger partial charge in [-0.1, -0.05) is 18.2 Å². The zero-order valence-corrected chi connectivity index (χ0v) is 12.7. The fourth-order valence-electron chi connectivity index (χ4n) is 2.81. The number of amides is 1. The van der Waals surface area contributed by atoms with Crippen LogP contribution in [0.25, 0.3) is 0 Å². The Bertz CT molecular complexity index is 683. The van der Waals surface area contributed by atoms with Gasteiger partial charge >= 0.3 is 0 Å². The van der Waals surface area contributed by atoms with Crippen molar-refractivity contribution in [2.75, 3.05) is 24.3 Å². The van der Waals surface area contributed by atoms with Crippen molar-refractivity contribution in [3.63, 3.8) is 0 Å². The van der Waals surface area contributed by atoms with Gasteiger partial charge in [-0.25, -0.2) is 0 Å². The first-order chi connectivity index (χ1) is 10.8. The number of aryl methyl sites for hydroxylation is 2. The van der Waals surface area contributed by atoms with Gasteiger partial charge in [0.2, 0.25) is 5.91 Å². The Labute approximate surface area is 130 Å². The highest BCUT2D eigenvalue weighted by Crippen LogP contribution is 2.25. The molecule has 2 aromatic carbocycles. The molecular weight excluding hydrogens is 276 g/mol. The second kappa shape index (κ2) is 6.52. The second-order valence-corrected chi connectivity index (χ2v) is 5.44. The maximum absolute atomic E-state index is 12.1. The predicted molar refractivity (Wildman–Crippen MR) is 88.6 cm³/mol. The van der Waals surface area contributed by atoms with Gasteiger partial charge in [0, 0.05) is 5.69 Å². The molecule has 3 rings (SSSR count). The lowest BCUT2D eigenvalue weighted by Crippen LogP contribution is -2.22. The summed E-state index contributed by atoms with van der Waals surface area (Å²) in [4.78, 5) is 12.1. The van der Waals surface area contributed by atoms with Crippen LogP contribution < -0.4 is 15.4 Å². The first-order valence-corrected chi connectivity index (χ1v) is 7.55. The Morgan fingerprint density at radius 1 is 1.14 bits per heavy atom. The number of rotatable bonds is 5. The van der Waals surface area contributed by atoms with E-state index in [4.69, 9.17) is 4.74 Å². The standard InChI is InChI=1S/C18H20N2O2/c1-22-17-8-3-2-7-16(17)20-18(21)12-19-15-10-9-13-5-4-6-14(13)11-15/h2-3,7-11,19H,4-6,12H2,1H3,(H,20,21). The number of carbonyl (C=O) groups excluding carboxylic acids is 1. The van der Waals surface area contributed by atoms with Gasteiger partial charge in [-0.2, -0.15) is 0 Å². The molecule has 4 nitrogen and oxygen atoms in total. The van der Waals surface area contributed by atoms with E-state index in [9.17, 15) is 4.79 Å². The molecule has 22 heavy (non-hydrogen) atoms. The van der Waals surface area contributed by atoms with Crippen LogP contribution in [0.3, 0.4) is 0 Å². The molecule has 0 saturated carbocycles. The first kappa shape index (κ1) is 14.4. The molecule has 4 heteroatoms. The largest absolute Gasteiger partial charge is 0.495 e. The highest BCUT2D eigenvalue weighted by atomic mass is 16.5. The minimum Gasteiger partial charge on any atom is -0.495 e. The van der Waals surface area contributed by atoms with Crippen molar-refractivity contribution >= 4 is 17.3 Å². The average Bonchev–Trinajstić information content (AvgIpc) is 3.01. The third-order valence-corrected chi connectivity index (χ3v) is 3.93. The molecule has 0 aromatic heterocycles. The van der Waals surface area contributed by atoms with Crippen LogP contribution in [0.5, 0.6) is 5.75 Å². The van der Waals surface area contributed by atoms with Gasteiger partial charge in [-0.05, 0) is 54.7 Å². The quantitative estimate of drug-likeness (QED) is 0.890. The molecule has 0 saturated heterocycles. The van der Waals surface area contributed by atoms with E-state index in [2.05, 4.69) is 22.8 Å². The molecule has 1 aliphatic carbocycles. The van der Waals surface area contributed by atoms with Crippen molar-refractivity contribution in [1.29, 1.82) is 0 Å². The molecule has 0 heterocycles. The van der Waals surface area contributed by atoms with Gasteiger partial charge in [0.15, 0.2) is 0 Å². The first-order valence-electron chi connectivity index (χ1n) is 7.55. The SMILES string of the molecule is COc1ccccc1NC(=O)CNc1ccc2c(c1)CCC2. The zero-order valence-electron chi connectivity index (χ0n) is 12.7. The van der Waals surface area contributed by atoms with Crippen LogP contribution in [-0.4, -0.2) is 19.6 Å². The number of nitrogens with one attached hydrogen (secondary N) is 2. The lowest BCUT2D eigenvalue weighted by atomic mass is 10.1. The number of methoxy groups -OCH3 is 1. The summed E-state index contributed by atoms with van der Waals surface area (Å²) in [5, 5.41) is 6.04. The van der Waals surface area contributed by atoms with Gasteiger partial charge in [0.05, 0.1) is 19.3 Å². The normalized spacial score (nSPS) is 12.6. The van der Waals surface area contributed by atoms with E-state index in [1.54, 1.807) is 7.11 Å². The Kier molecular flexibility index (Phi) is 4.28. The van der Waals surface area contributed by atoms with E-state index in [0.717, 1.165) is 12.1 Å². The Hall–Kier alpha value is -2.49. The lowest BCUT2D eigenvalue weighted by Gasteiger charge is -2.11. The summed E-state index contributed by atoms with van der Waals surface area (Å²) in [6.45, 7) is 0.233. The summed E-state index contributed by atoms with van der Waals surface area (Å²) in [6.07, 6.45) is 3.54. The monoisotopic (exact) mass is 296 g/mol. The maximum atomic E-state index is 12.1. The van der Waals surface area contributed by atoms with Crippen LogP contribution in [0, 0.1) is 0 Å². The molecule has 0 spiro atoms. The number of benzene rings is 2. The molecule has 1 aliphatic rings. The Balaban J connectivity index is 1.58. The second-order valence-electron chi connectivity index (χ2n) is 5.44. The lowest BCUT2D eigenvalue weighted by molar-refractivity contribution is -0.114. The molecule has 0 unspecified atom stereocenters. The molecule has 0 bridgehead atoms. The van der Waals surface area contributed by atoms with Gasteiger partial charge in [-0.3, -0.25) is 4.79 Å². The van der Waals surface area contributed by atoms with Crippen molar-refractivity contribution in [3.05, 3.63) is 53.6 Å². The van der Waals surface area contributed by atoms with Crippen LogP contribution in [0.4, 0.5) is 11.4 Å². The van der Waals surface area contributed by atoms with Crippen LogP contribution >= 0.6 is 0 Å². The average molecular weight is 296 g/mol. The summed E-state index contributed by atoms with van der Waals surface area (Å²) in [7, 11) is 1.59. The van der Waals surface area contributed by atoms with E-state index in [1.165, 1.54) is 24.0 Å². The maximum Gasteiger partial charge on any atom is 0.243 e. The van der Waals surface area contributed by atoms with Gasteiger partial charge in [0.1, 0.15) is 5.75 Å². The van der Waals surface area contributed by atoms with E-state index in [-0.39, 0.29) is 12.5 Å². The van der Waals surface area contributed by atoms with E-state index < -0.39 is 0 Å². The zero-order chi connectivity index (χ0) is 15.4. The topological polar surface area (TPSA) is 50.4 Å². The molecule has 114 valence electrons. The molecular formula is C18H20N2O2. The number of fused-ring (bicyclic) bond motifs is 1. The minimum atomic E-state index is -0.0926. The van der Waals surface area contributed by atoms with E-state index >= 15 is 0 Å². The predicted octanol–water partition coefficient (Wildman–Crippen LogP) is 3.23. The summed E-state index contributed by atoms with van der Waals surface area (Å²) < 4.78 is 5.22. The molecule has 0 radical (unpaired) electrons. The van der Waals surface area contributed by atoms with Gasteiger partial charge < -0.3 is 15.4 Å². The number of ether oxygens (including phenoxy) is 1. The van der Waals surface area contributed by atoms with Crippen LogP contribution in [0.2, 0.25) is 0 Å². The third-order valence-electron chi connectivity index (χ3n) is 3.93. The fraction of sp³-hybridized carbons (Fsp3) is 0.278.